The summed E-state index contributed by atoms with van der Waals surface area (Å²) in [6.07, 6.45) is 0. The zero-order valence-electron chi connectivity index (χ0n) is 7.69. The highest BCUT2D eigenvalue weighted by molar-refractivity contribution is 6.05. The van der Waals surface area contributed by atoms with E-state index in [2.05, 4.69) is 10.6 Å². The van der Waals surface area contributed by atoms with Gasteiger partial charge in [0.15, 0.2) is 5.78 Å². The number of anilines is 1. The summed E-state index contributed by atoms with van der Waals surface area (Å²) in [4.78, 5) is 22.1. The van der Waals surface area contributed by atoms with Crippen molar-refractivity contribution in [2.75, 3.05) is 11.9 Å². The summed E-state index contributed by atoms with van der Waals surface area (Å²) in [5.41, 5.74) is 6.83. The summed E-state index contributed by atoms with van der Waals surface area (Å²) in [5.74, 6) is -0.158. The molecule has 1 aliphatic rings. The number of nitrogens with two attached hydrogens (primary N) is 1. The molecule has 5 nitrogen and oxygen atoms in total. The van der Waals surface area contributed by atoms with Crippen LogP contribution in [0.1, 0.15) is 10.4 Å². The molecule has 1 heterocycles. The second-order valence-corrected chi connectivity index (χ2v) is 2.90. The van der Waals surface area contributed by atoms with E-state index in [0.29, 0.717) is 16.9 Å². The first-order valence-corrected chi connectivity index (χ1v) is 4.11. The Hall–Kier alpha value is -1.59. The van der Waals surface area contributed by atoms with Crippen LogP contribution < -0.4 is 16.4 Å². The lowest BCUT2D eigenvalue weighted by Crippen LogP contribution is -2.13. The zero-order chi connectivity index (χ0) is 10.1. The van der Waals surface area contributed by atoms with E-state index in [1.54, 1.807) is 18.2 Å². The number of nitrogens with zero attached hydrogens (tertiary/aromatic N) is 1. The number of hydrogen-bond acceptors (Lipinski definition) is 3. The van der Waals surface area contributed by atoms with E-state index in [1.165, 1.54) is 0 Å². The minimum atomic E-state index is -0.405. The Balaban J connectivity index is 0.00000112. The van der Waals surface area contributed by atoms with E-state index >= 15 is 0 Å². The first kappa shape index (κ1) is 11.5. The number of fused-ring (bicyclic) bond motifs is 1. The number of urea groups is 1. The third-order valence-corrected chi connectivity index (χ3v) is 1.97. The van der Waals surface area contributed by atoms with Crippen molar-refractivity contribution in [3.8, 4) is 0 Å². The number of benzene rings is 1. The van der Waals surface area contributed by atoms with E-state index in [9.17, 15) is 9.59 Å². The van der Waals surface area contributed by atoms with Crippen molar-refractivity contribution in [1.29, 1.82) is 0 Å². The minimum absolute atomic E-state index is 0. The SMILES string of the molecule is Cl.NCC(=O)c1ccc2c(c1)NC(=O)[N]2. The fourth-order valence-electron chi connectivity index (χ4n) is 1.28. The first-order chi connectivity index (χ1) is 6.70. The number of carbonyl (C=O) groups is 2. The predicted molar refractivity (Wildman–Crippen MR) is 57.9 cm³/mol. The molecule has 0 fully saturated rings. The van der Waals surface area contributed by atoms with Gasteiger partial charge < -0.3 is 11.1 Å². The molecule has 2 amide bonds. The Labute approximate surface area is 92.4 Å². The van der Waals surface area contributed by atoms with Crippen LogP contribution in [0.15, 0.2) is 18.2 Å². The van der Waals surface area contributed by atoms with Gasteiger partial charge in [-0.1, -0.05) is 0 Å². The summed E-state index contributed by atoms with van der Waals surface area (Å²) in [6.45, 7) is -0.0378. The second kappa shape index (κ2) is 4.29. The van der Waals surface area contributed by atoms with Crippen LogP contribution in [-0.4, -0.2) is 18.4 Å². The van der Waals surface area contributed by atoms with Gasteiger partial charge >= 0.3 is 6.03 Å². The average Bonchev–Trinajstić information content (AvgIpc) is 2.55. The van der Waals surface area contributed by atoms with Gasteiger partial charge in [0.25, 0.3) is 0 Å². The van der Waals surface area contributed by atoms with Crippen LogP contribution >= 0.6 is 12.4 Å². The molecule has 3 N–H and O–H groups in total. The van der Waals surface area contributed by atoms with E-state index < -0.39 is 6.03 Å². The molecular weight excluding hydrogens is 218 g/mol. The van der Waals surface area contributed by atoms with Crippen LogP contribution in [0.4, 0.5) is 16.2 Å². The predicted octanol–water partition coefficient (Wildman–Crippen LogP) is 1.03. The maximum Gasteiger partial charge on any atom is 0.346 e. The van der Waals surface area contributed by atoms with Gasteiger partial charge in [0, 0.05) is 5.56 Å². The summed E-state index contributed by atoms with van der Waals surface area (Å²) in [7, 11) is 0. The molecule has 1 radical (unpaired) electrons. The van der Waals surface area contributed by atoms with Gasteiger partial charge in [-0.05, 0) is 18.2 Å². The average molecular weight is 227 g/mol. The zero-order valence-corrected chi connectivity index (χ0v) is 8.50. The topological polar surface area (TPSA) is 86.3 Å². The molecule has 2 rings (SSSR count). The number of nitrogens with one attached hydrogen (secondary N) is 1. The van der Waals surface area contributed by atoms with Gasteiger partial charge in [0.1, 0.15) is 0 Å². The van der Waals surface area contributed by atoms with Gasteiger partial charge in [-0.15, -0.1) is 12.4 Å². The fraction of sp³-hybridized carbons (Fsp3) is 0.111. The minimum Gasteiger partial charge on any atom is -0.324 e. The second-order valence-electron chi connectivity index (χ2n) is 2.90. The van der Waals surface area contributed by atoms with E-state index in [1.807, 2.05) is 0 Å². The summed E-state index contributed by atoms with van der Waals surface area (Å²) >= 11 is 0. The van der Waals surface area contributed by atoms with Crippen molar-refractivity contribution in [1.82, 2.24) is 5.32 Å². The molecule has 0 bridgehead atoms. The normalized spacial score (nSPS) is 12.2. The lowest BCUT2D eigenvalue weighted by molar-refractivity contribution is 0.100. The van der Waals surface area contributed by atoms with Crippen LogP contribution in [0.2, 0.25) is 0 Å². The van der Waals surface area contributed by atoms with Gasteiger partial charge in [0.2, 0.25) is 0 Å². The smallest absolute Gasteiger partial charge is 0.324 e. The molecule has 0 saturated carbocycles. The molecule has 0 unspecified atom stereocenters. The van der Waals surface area contributed by atoms with Crippen molar-refractivity contribution in [2.45, 2.75) is 0 Å². The number of Topliss-reactive ketones (excluding diaryl/α,β-unsaturated/α-hetero) is 1. The number of ketones is 1. The summed E-state index contributed by atoms with van der Waals surface area (Å²) in [5, 5.41) is 6.20. The van der Waals surface area contributed by atoms with Crippen molar-refractivity contribution in [2.24, 2.45) is 5.73 Å². The van der Waals surface area contributed by atoms with Crippen LogP contribution in [0.5, 0.6) is 0 Å². The monoisotopic (exact) mass is 226 g/mol. The van der Waals surface area contributed by atoms with Crippen molar-refractivity contribution >= 4 is 35.6 Å². The Bertz CT molecular complexity index is 420. The molecule has 1 aromatic carbocycles. The number of rotatable bonds is 2. The molecule has 15 heavy (non-hydrogen) atoms. The molecule has 0 atom stereocenters. The number of hydrogen-bond donors (Lipinski definition) is 2. The van der Waals surface area contributed by atoms with Crippen LogP contribution in [0, 0.1) is 0 Å². The fourth-order valence-corrected chi connectivity index (χ4v) is 1.28. The molecule has 0 spiro atoms. The number of amides is 2. The van der Waals surface area contributed by atoms with Crippen LogP contribution in [0.25, 0.3) is 0 Å². The van der Waals surface area contributed by atoms with Gasteiger partial charge in [-0.25, -0.2) is 4.79 Å². The highest BCUT2D eigenvalue weighted by atomic mass is 35.5. The van der Waals surface area contributed by atoms with Crippen LogP contribution in [-0.2, 0) is 0 Å². The quantitative estimate of drug-likeness (QED) is 0.739. The van der Waals surface area contributed by atoms with E-state index in [-0.39, 0.29) is 24.7 Å². The lowest BCUT2D eigenvalue weighted by Gasteiger charge is -2.00. The molecular formula is C9H9ClN3O2. The molecule has 0 saturated heterocycles. The Morgan fingerprint density at radius 2 is 2.20 bits per heavy atom. The van der Waals surface area contributed by atoms with Crippen molar-refractivity contribution in [3.05, 3.63) is 23.8 Å². The van der Waals surface area contributed by atoms with Gasteiger partial charge in [-0.3, -0.25) is 4.79 Å². The Morgan fingerprint density at radius 1 is 1.47 bits per heavy atom. The van der Waals surface area contributed by atoms with E-state index in [0.717, 1.165) is 0 Å². The van der Waals surface area contributed by atoms with E-state index in [4.69, 9.17) is 5.73 Å². The van der Waals surface area contributed by atoms with Gasteiger partial charge in [-0.2, -0.15) is 5.32 Å². The van der Waals surface area contributed by atoms with Crippen molar-refractivity contribution < 1.29 is 9.59 Å². The number of halogens is 1. The van der Waals surface area contributed by atoms with Crippen LogP contribution in [0.3, 0.4) is 0 Å². The molecule has 1 aromatic rings. The highest BCUT2D eigenvalue weighted by Gasteiger charge is 2.19. The molecule has 6 heteroatoms. The number of carbonyl (C=O) groups excluding carboxylic acids is 2. The van der Waals surface area contributed by atoms with Gasteiger partial charge in [0.05, 0.1) is 17.9 Å². The largest absolute Gasteiger partial charge is 0.346 e. The summed E-state index contributed by atoms with van der Waals surface area (Å²) in [6, 6.07) is 4.41. The lowest BCUT2D eigenvalue weighted by atomic mass is 10.1. The Morgan fingerprint density at radius 3 is 2.87 bits per heavy atom. The molecule has 1 aliphatic heterocycles. The Kier molecular flexibility index (Phi) is 3.28. The highest BCUT2D eigenvalue weighted by Crippen LogP contribution is 2.28. The molecule has 79 valence electrons. The molecule has 0 aliphatic carbocycles. The summed E-state index contributed by atoms with van der Waals surface area (Å²) < 4.78 is 0. The maximum absolute atomic E-state index is 11.2. The van der Waals surface area contributed by atoms with Crippen molar-refractivity contribution in [3.63, 3.8) is 0 Å². The molecule has 0 aromatic heterocycles. The first-order valence-electron chi connectivity index (χ1n) is 4.11. The maximum atomic E-state index is 11.2. The standard InChI is InChI=1S/C9H8N3O2.ClH/c10-4-8(13)5-1-2-6-7(3-5)12-9(14)11-6;/h1-3H,4,10H2,(H,12,14);1H. The third kappa shape index (κ3) is 2.08. The third-order valence-electron chi connectivity index (χ3n) is 1.97.